The SMILES string of the molecule is OC1=C(O)C=C1. The van der Waals surface area contributed by atoms with E-state index in [1.165, 1.54) is 12.2 Å². The molecule has 0 amide bonds. The second-order valence-electron chi connectivity index (χ2n) is 1.10. The molecule has 0 fully saturated rings. The summed E-state index contributed by atoms with van der Waals surface area (Å²) in [5.74, 6) is -0.0370. The number of aliphatic hydroxyl groups excluding tert-OH is 2. The van der Waals surface area contributed by atoms with E-state index in [2.05, 4.69) is 0 Å². The van der Waals surface area contributed by atoms with Gasteiger partial charge in [-0.15, -0.1) is 0 Å². The molecular formula is C4H4O2. The van der Waals surface area contributed by atoms with E-state index in [1.807, 2.05) is 0 Å². The number of rotatable bonds is 0. The fraction of sp³-hybridized carbons (Fsp3) is 0. The summed E-state index contributed by atoms with van der Waals surface area (Å²) in [6.07, 6.45) is 2.85. The molecule has 0 heterocycles. The largest absolute Gasteiger partial charge is 0.504 e. The van der Waals surface area contributed by atoms with Crippen LogP contribution in [0.15, 0.2) is 23.7 Å². The number of aliphatic hydroxyl groups is 2. The predicted octanol–water partition coefficient (Wildman–Crippen LogP) is 0.884. The van der Waals surface area contributed by atoms with Crippen LogP contribution < -0.4 is 0 Å². The topological polar surface area (TPSA) is 40.5 Å². The maximum absolute atomic E-state index is 8.26. The van der Waals surface area contributed by atoms with Crippen LogP contribution in [0.1, 0.15) is 0 Å². The van der Waals surface area contributed by atoms with Gasteiger partial charge in [-0.3, -0.25) is 0 Å². The molecule has 2 heteroatoms. The first-order chi connectivity index (χ1) is 2.80. The van der Waals surface area contributed by atoms with Gasteiger partial charge in [-0.25, -0.2) is 0 Å². The molecule has 0 saturated heterocycles. The first kappa shape index (κ1) is 3.28. The van der Waals surface area contributed by atoms with Gasteiger partial charge in [0.15, 0.2) is 11.5 Å². The van der Waals surface area contributed by atoms with Gasteiger partial charge in [0.25, 0.3) is 0 Å². The van der Waals surface area contributed by atoms with Crippen molar-refractivity contribution in [3.8, 4) is 0 Å². The van der Waals surface area contributed by atoms with Crippen LogP contribution in [0.3, 0.4) is 0 Å². The molecule has 2 N–H and O–H groups in total. The average Bonchev–Trinajstić information content (AvgIpc) is 1.61. The van der Waals surface area contributed by atoms with Gasteiger partial charge in [0.2, 0.25) is 0 Å². The van der Waals surface area contributed by atoms with Gasteiger partial charge in [0.05, 0.1) is 0 Å². The zero-order valence-corrected chi connectivity index (χ0v) is 3.05. The average molecular weight is 84.1 g/mol. The van der Waals surface area contributed by atoms with Crippen molar-refractivity contribution in [2.24, 2.45) is 0 Å². The Labute approximate surface area is 35.0 Å². The van der Waals surface area contributed by atoms with E-state index in [4.69, 9.17) is 10.2 Å². The predicted molar refractivity (Wildman–Crippen MR) is 21.4 cm³/mol. The fourth-order valence-electron chi connectivity index (χ4n) is 0.232. The summed E-state index contributed by atoms with van der Waals surface area (Å²) in [5, 5.41) is 16.5. The van der Waals surface area contributed by atoms with Crippen molar-refractivity contribution < 1.29 is 10.2 Å². The highest BCUT2D eigenvalue weighted by atomic mass is 16.3. The van der Waals surface area contributed by atoms with Gasteiger partial charge in [0, 0.05) is 0 Å². The van der Waals surface area contributed by atoms with Gasteiger partial charge in [-0.2, -0.15) is 0 Å². The Hall–Kier alpha value is -0.920. The van der Waals surface area contributed by atoms with Crippen molar-refractivity contribution in [3.05, 3.63) is 23.7 Å². The van der Waals surface area contributed by atoms with E-state index in [0.717, 1.165) is 0 Å². The Morgan fingerprint density at radius 2 is 1.33 bits per heavy atom. The zero-order chi connectivity index (χ0) is 4.57. The van der Waals surface area contributed by atoms with E-state index in [1.54, 1.807) is 0 Å². The van der Waals surface area contributed by atoms with Crippen molar-refractivity contribution in [1.82, 2.24) is 0 Å². The molecule has 0 aliphatic heterocycles. The fourth-order valence-corrected chi connectivity index (χ4v) is 0.232. The molecule has 2 nitrogen and oxygen atoms in total. The maximum Gasteiger partial charge on any atom is 0.157 e. The first-order valence-electron chi connectivity index (χ1n) is 1.61. The van der Waals surface area contributed by atoms with E-state index in [0.29, 0.717) is 0 Å². The zero-order valence-electron chi connectivity index (χ0n) is 3.05. The third-order valence-electron chi connectivity index (χ3n) is 0.662. The lowest BCUT2D eigenvalue weighted by Gasteiger charge is -2.00. The lowest BCUT2D eigenvalue weighted by molar-refractivity contribution is 0.339. The molecule has 1 aliphatic carbocycles. The molecule has 0 aromatic rings. The van der Waals surface area contributed by atoms with Crippen LogP contribution in [0.2, 0.25) is 0 Å². The van der Waals surface area contributed by atoms with Crippen LogP contribution in [0.5, 0.6) is 0 Å². The molecule has 0 aromatic heterocycles. The summed E-state index contributed by atoms with van der Waals surface area (Å²) >= 11 is 0. The Morgan fingerprint density at radius 1 is 1.00 bits per heavy atom. The number of hydrogen-bond donors (Lipinski definition) is 2. The third-order valence-corrected chi connectivity index (χ3v) is 0.662. The smallest absolute Gasteiger partial charge is 0.157 e. The highest BCUT2D eigenvalue weighted by Crippen LogP contribution is 2.10. The lowest BCUT2D eigenvalue weighted by Crippen LogP contribution is -1.91. The molecule has 1 rings (SSSR count). The highest BCUT2D eigenvalue weighted by molar-refractivity contribution is 5.34. The molecule has 0 unspecified atom stereocenters. The standard InChI is InChI=1S/C4H4O2/c5-3-1-2-4(3)6/h1-2,5-6H. The Bertz CT molecular complexity index is 108. The minimum Gasteiger partial charge on any atom is -0.504 e. The molecular weight excluding hydrogens is 80.0 g/mol. The maximum atomic E-state index is 8.26. The van der Waals surface area contributed by atoms with Crippen LogP contribution in [-0.4, -0.2) is 10.2 Å². The van der Waals surface area contributed by atoms with E-state index >= 15 is 0 Å². The van der Waals surface area contributed by atoms with Gasteiger partial charge >= 0.3 is 0 Å². The summed E-state index contributed by atoms with van der Waals surface area (Å²) in [4.78, 5) is 0. The van der Waals surface area contributed by atoms with Crippen molar-refractivity contribution in [1.29, 1.82) is 0 Å². The molecule has 0 atom stereocenters. The van der Waals surface area contributed by atoms with Crippen molar-refractivity contribution >= 4 is 0 Å². The number of allylic oxidation sites excluding steroid dienone is 2. The summed E-state index contributed by atoms with van der Waals surface area (Å²) < 4.78 is 0. The second-order valence-corrected chi connectivity index (χ2v) is 1.10. The molecule has 0 radical (unpaired) electrons. The van der Waals surface area contributed by atoms with Crippen LogP contribution >= 0.6 is 0 Å². The molecule has 0 spiro atoms. The summed E-state index contributed by atoms with van der Waals surface area (Å²) in [6.45, 7) is 0. The van der Waals surface area contributed by atoms with Gasteiger partial charge in [0.1, 0.15) is 0 Å². The third kappa shape index (κ3) is 0.204. The normalized spacial score (nSPS) is 18.0. The molecule has 6 heavy (non-hydrogen) atoms. The Balaban J connectivity index is 2.71. The Kier molecular flexibility index (Phi) is 0.422. The minimum absolute atomic E-state index is 0.0185. The minimum atomic E-state index is -0.0185. The van der Waals surface area contributed by atoms with Crippen molar-refractivity contribution in [3.63, 3.8) is 0 Å². The van der Waals surface area contributed by atoms with Crippen LogP contribution in [0, 0.1) is 0 Å². The van der Waals surface area contributed by atoms with Gasteiger partial charge in [-0.05, 0) is 12.2 Å². The summed E-state index contributed by atoms with van der Waals surface area (Å²) in [5.41, 5.74) is 0. The summed E-state index contributed by atoms with van der Waals surface area (Å²) in [6, 6.07) is 0. The quantitative estimate of drug-likeness (QED) is 0.457. The molecule has 1 aliphatic rings. The second kappa shape index (κ2) is 0.772. The molecule has 0 saturated carbocycles. The number of hydrogen-bond acceptors (Lipinski definition) is 2. The van der Waals surface area contributed by atoms with E-state index < -0.39 is 0 Å². The first-order valence-corrected chi connectivity index (χ1v) is 1.61. The van der Waals surface area contributed by atoms with Gasteiger partial charge < -0.3 is 10.2 Å². The van der Waals surface area contributed by atoms with Crippen LogP contribution in [0.25, 0.3) is 0 Å². The Morgan fingerprint density at radius 3 is 1.33 bits per heavy atom. The van der Waals surface area contributed by atoms with E-state index in [-0.39, 0.29) is 11.5 Å². The highest BCUT2D eigenvalue weighted by Gasteiger charge is 2.02. The lowest BCUT2D eigenvalue weighted by atomic mass is 10.2. The van der Waals surface area contributed by atoms with E-state index in [9.17, 15) is 0 Å². The summed E-state index contributed by atoms with van der Waals surface area (Å²) in [7, 11) is 0. The molecule has 0 bridgehead atoms. The van der Waals surface area contributed by atoms with Gasteiger partial charge in [-0.1, -0.05) is 0 Å². The van der Waals surface area contributed by atoms with Crippen molar-refractivity contribution in [2.75, 3.05) is 0 Å². The molecule has 32 valence electrons. The monoisotopic (exact) mass is 84.0 g/mol. The van der Waals surface area contributed by atoms with Crippen LogP contribution in [0.4, 0.5) is 0 Å². The van der Waals surface area contributed by atoms with Crippen LogP contribution in [-0.2, 0) is 0 Å². The van der Waals surface area contributed by atoms with Crippen molar-refractivity contribution in [2.45, 2.75) is 0 Å². The molecule has 0 aromatic carbocycles.